The number of hydrogen-bond donors (Lipinski definition) is 1. The van der Waals surface area contributed by atoms with Crippen LogP contribution in [-0.2, 0) is 11.2 Å². The largest absolute Gasteiger partial charge is 0.342 e. The Morgan fingerprint density at radius 3 is 2.89 bits per heavy atom. The molecule has 2 atom stereocenters. The first kappa shape index (κ1) is 14.1. The molecule has 0 spiro atoms. The highest BCUT2D eigenvalue weighted by Crippen LogP contribution is 2.20. The Morgan fingerprint density at radius 1 is 1.47 bits per heavy atom. The van der Waals surface area contributed by atoms with Gasteiger partial charge in [-0.2, -0.15) is 0 Å². The van der Waals surface area contributed by atoms with Crippen molar-refractivity contribution < 1.29 is 4.79 Å². The molecule has 0 bridgehead atoms. The minimum absolute atomic E-state index is 0.175. The van der Waals surface area contributed by atoms with Crippen LogP contribution < -0.4 is 5.73 Å². The van der Waals surface area contributed by atoms with Gasteiger partial charge in [-0.25, -0.2) is 0 Å². The first-order valence-corrected chi connectivity index (χ1v) is 7.16. The van der Waals surface area contributed by atoms with Crippen LogP contribution in [0.15, 0.2) is 24.3 Å². The highest BCUT2D eigenvalue weighted by molar-refractivity contribution is 5.79. The summed E-state index contributed by atoms with van der Waals surface area (Å²) >= 11 is 0. The topological polar surface area (TPSA) is 46.3 Å². The van der Waals surface area contributed by atoms with Gasteiger partial charge in [0.15, 0.2) is 0 Å². The number of rotatable bonds is 3. The van der Waals surface area contributed by atoms with E-state index in [0.717, 1.165) is 31.5 Å². The third-order valence-electron chi connectivity index (χ3n) is 4.16. The van der Waals surface area contributed by atoms with Crippen LogP contribution >= 0.6 is 0 Å². The number of carbonyl (C=O) groups is 1. The van der Waals surface area contributed by atoms with Crippen molar-refractivity contribution in [2.45, 2.75) is 39.2 Å². The molecule has 1 aliphatic rings. The van der Waals surface area contributed by atoms with E-state index >= 15 is 0 Å². The molecule has 3 nitrogen and oxygen atoms in total. The first-order valence-electron chi connectivity index (χ1n) is 7.16. The van der Waals surface area contributed by atoms with Gasteiger partial charge in [0, 0.05) is 19.1 Å². The van der Waals surface area contributed by atoms with E-state index in [2.05, 4.69) is 13.0 Å². The van der Waals surface area contributed by atoms with Crippen molar-refractivity contribution in [2.75, 3.05) is 13.1 Å². The number of nitrogens with zero attached hydrogens (tertiary/aromatic N) is 1. The molecule has 0 saturated carbocycles. The highest BCUT2D eigenvalue weighted by Gasteiger charge is 2.25. The number of piperidine rings is 1. The van der Waals surface area contributed by atoms with Gasteiger partial charge in [-0.1, -0.05) is 24.3 Å². The molecule has 1 aliphatic heterocycles. The fourth-order valence-electron chi connectivity index (χ4n) is 2.75. The van der Waals surface area contributed by atoms with Crippen LogP contribution in [0.3, 0.4) is 0 Å². The van der Waals surface area contributed by atoms with Crippen molar-refractivity contribution in [2.24, 2.45) is 11.7 Å². The van der Waals surface area contributed by atoms with E-state index in [1.54, 1.807) is 0 Å². The fourth-order valence-corrected chi connectivity index (χ4v) is 2.75. The molecule has 1 amide bonds. The Labute approximate surface area is 115 Å². The normalized spacial score (nSPS) is 21.2. The van der Waals surface area contributed by atoms with Gasteiger partial charge in [0.05, 0.1) is 6.42 Å². The number of likely N-dealkylation sites (tertiary alicyclic amines) is 1. The van der Waals surface area contributed by atoms with Crippen LogP contribution in [-0.4, -0.2) is 29.9 Å². The Kier molecular flexibility index (Phi) is 4.59. The minimum atomic E-state index is 0.175. The van der Waals surface area contributed by atoms with Gasteiger partial charge in [-0.05, 0) is 43.7 Å². The molecule has 1 heterocycles. The molecule has 2 N–H and O–H groups in total. The van der Waals surface area contributed by atoms with Crippen molar-refractivity contribution in [1.82, 2.24) is 4.90 Å². The lowest BCUT2D eigenvalue weighted by Crippen LogP contribution is -2.45. The van der Waals surface area contributed by atoms with Crippen molar-refractivity contribution in [3.63, 3.8) is 0 Å². The van der Waals surface area contributed by atoms with Crippen molar-refractivity contribution in [3.05, 3.63) is 35.4 Å². The van der Waals surface area contributed by atoms with Crippen LogP contribution in [0, 0.1) is 12.8 Å². The Morgan fingerprint density at radius 2 is 2.21 bits per heavy atom. The standard InChI is InChI=1S/C16H24N2O/c1-12-6-3-4-7-14(12)10-16(19)18-9-5-8-15(11-18)13(2)17/h3-4,6-7,13,15H,5,8-11,17H2,1-2H3/t13-,15-/m1/s1. The average molecular weight is 260 g/mol. The summed E-state index contributed by atoms with van der Waals surface area (Å²) in [4.78, 5) is 14.4. The van der Waals surface area contributed by atoms with E-state index in [4.69, 9.17) is 5.73 Å². The molecule has 0 unspecified atom stereocenters. The number of nitrogens with two attached hydrogens (primary N) is 1. The van der Waals surface area contributed by atoms with Crippen LogP contribution in [0.5, 0.6) is 0 Å². The summed E-state index contributed by atoms with van der Waals surface area (Å²) in [5, 5.41) is 0. The second-order valence-electron chi connectivity index (χ2n) is 5.70. The van der Waals surface area contributed by atoms with E-state index in [-0.39, 0.29) is 11.9 Å². The lowest BCUT2D eigenvalue weighted by atomic mass is 9.92. The maximum absolute atomic E-state index is 12.4. The molecule has 3 heteroatoms. The monoisotopic (exact) mass is 260 g/mol. The molecule has 1 fully saturated rings. The average Bonchev–Trinajstić information content (AvgIpc) is 2.41. The second-order valence-corrected chi connectivity index (χ2v) is 5.70. The van der Waals surface area contributed by atoms with Crippen LogP contribution in [0.1, 0.15) is 30.9 Å². The zero-order valence-corrected chi connectivity index (χ0v) is 11.9. The molecular weight excluding hydrogens is 236 g/mol. The van der Waals surface area contributed by atoms with E-state index in [1.165, 1.54) is 5.56 Å². The van der Waals surface area contributed by atoms with Crippen molar-refractivity contribution in [1.29, 1.82) is 0 Å². The summed E-state index contributed by atoms with van der Waals surface area (Å²) < 4.78 is 0. The van der Waals surface area contributed by atoms with Gasteiger partial charge in [0.25, 0.3) is 0 Å². The van der Waals surface area contributed by atoms with E-state index < -0.39 is 0 Å². The summed E-state index contributed by atoms with van der Waals surface area (Å²) in [6.07, 6.45) is 2.73. The molecule has 0 aromatic heterocycles. The summed E-state index contributed by atoms with van der Waals surface area (Å²) in [5.74, 6) is 0.689. The predicted molar refractivity (Wildman–Crippen MR) is 77.8 cm³/mol. The lowest BCUT2D eigenvalue weighted by Gasteiger charge is -2.34. The van der Waals surface area contributed by atoms with Gasteiger partial charge in [0.2, 0.25) is 5.91 Å². The third-order valence-corrected chi connectivity index (χ3v) is 4.16. The van der Waals surface area contributed by atoms with E-state index in [0.29, 0.717) is 12.3 Å². The van der Waals surface area contributed by atoms with Gasteiger partial charge in [0.1, 0.15) is 0 Å². The number of hydrogen-bond acceptors (Lipinski definition) is 2. The summed E-state index contributed by atoms with van der Waals surface area (Å²) in [5.41, 5.74) is 8.29. The van der Waals surface area contributed by atoms with Gasteiger partial charge >= 0.3 is 0 Å². The molecule has 0 aliphatic carbocycles. The van der Waals surface area contributed by atoms with Gasteiger partial charge in [-0.3, -0.25) is 4.79 Å². The van der Waals surface area contributed by atoms with Crippen LogP contribution in [0.25, 0.3) is 0 Å². The molecule has 2 rings (SSSR count). The summed E-state index contributed by atoms with van der Waals surface area (Å²) in [7, 11) is 0. The molecular formula is C16H24N2O. The van der Waals surface area contributed by atoms with E-state index in [9.17, 15) is 4.79 Å². The second kappa shape index (κ2) is 6.20. The van der Waals surface area contributed by atoms with Crippen LogP contribution in [0.2, 0.25) is 0 Å². The molecule has 1 aromatic rings. The van der Waals surface area contributed by atoms with Crippen molar-refractivity contribution >= 4 is 5.91 Å². The predicted octanol–water partition coefficient (Wildman–Crippen LogP) is 2.12. The smallest absolute Gasteiger partial charge is 0.227 e. The Balaban J connectivity index is 1.98. The van der Waals surface area contributed by atoms with E-state index in [1.807, 2.05) is 30.0 Å². The first-order chi connectivity index (χ1) is 9.08. The molecule has 1 aromatic carbocycles. The Hall–Kier alpha value is -1.35. The Bertz CT molecular complexity index is 442. The SMILES string of the molecule is Cc1ccccc1CC(=O)N1CCC[C@@H]([C@@H](C)N)C1. The van der Waals surface area contributed by atoms with Gasteiger partial charge in [-0.15, -0.1) is 0 Å². The summed E-state index contributed by atoms with van der Waals surface area (Å²) in [6.45, 7) is 5.81. The molecule has 104 valence electrons. The summed E-state index contributed by atoms with van der Waals surface area (Å²) in [6, 6.07) is 8.28. The maximum atomic E-state index is 12.4. The van der Waals surface area contributed by atoms with Crippen LogP contribution in [0.4, 0.5) is 0 Å². The number of aryl methyl sites for hydroxylation is 1. The lowest BCUT2D eigenvalue weighted by molar-refractivity contribution is -0.132. The quantitative estimate of drug-likeness (QED) is 0.905. The zero-order valence-electron chi connectivity index (χ0n) is 11.9. The fraction of sp³-hybridized carbons (Fsp3) is 0.562. The minimum Gasteiger partial charge on any atom is -0.342 e. The molecule has 1 saturated heterocycles. The zero-order chi connectivity index (χ0) is 13.8. The number of carbonyl (C=O) groups excluding carboxylic acids is 1. The maximum Gasteiger partial charge on any atom is 0.227 e. The number of benzene rings is 1. The highest BCUT2D eigenvalue weighted by atomic mass is 16.2. The molecule has 0 radical (unpaired) electrons. The van der Waals surface area contributed by atoms with Crippen molar-refractivity contribution in [3.8, 4) is 0 Å². The third kappa shape index (κ3) is 3.57. The molecule has 19 heavy (non-hydrogen) atoms. The number of amides is 1. The van der Waals surface area contributed by atoms with Gasteiger partial charge < -0.3 is 10.6 Å².